The van der Waals surface area contributed by atoms with E-state index in [1.54, 1.807) is 17.0 Å². The lowest BCUT2D eigenvalue weighted by Gasteiger charge is -2.26. The van der Waals surface area contributed by atoms with E-state index in [-0.39, 0.29) is 24.2 Å². The topological polar surface area (TPSA) is 58.6 Å². The molecule has 0 radical (unpaired) electrons. The second kappa shape index (κ2) is 9.12. The highest BCUT2D eigenvalue weighted by Gasteiger charge is 2.27. The average Bonchev–Trinajstić information content (AvgIpc) is 2.57. The summed E-state index contributed by atoms with van der Waals surface area (Å²) >= 11 is 0. The Morgan fingerprint density at radius 3 is 2.35 bits per heavy atom. The number of hydrogen-bond acceptors (Lipinski definition) is 4. The van der Waals surface area contributed by atoms with Crippen LogP contribution < -0.4 is 10.2 Å². The zero-order chi connectivity index (χ0) is 17.4. The van der Waals surface area contributed by atoms with Crippen molar-refractivity contribution in [1.29, 1.82) is 0 Å². The molecule has 1 aromatic carbocycles. The molecular weight excluding hydrogens is 299 g/mol. The van der Waals surface area contributed by atoms with Gasteiger partial charge in [-0.25, -0.2) is 9.18 Å². The van der Waals surface area contributed by atoms with Gasteiger partial charge in [0.1, 0.15) is 11.9 Å². The molecule has 0 aliphatic rings. The van der Waals surface area contributed by atoms with Crippen molar-refractivity contribution in [2.45, 2.75) is 33.2 Å². The van der Waals surface area contributed by atoms with Crippen molar-refractivity contribution in [3.63, 3.8) is 0 Å². The first-order valence-electron chi connectivity index (χ1n) is 7.80. The SMILES string of the molecule is CCC(C)C(NC(=O)CN(CC)c1ccc(F)cc1)C(=O)OC. The number of amides is 1. The second-order valence-corrected chi connectivity index (χ2v) is 5.44. The molecule has 0 aliphatic heterocycles. The molecule has 2 unspecified atom stereocenters. The normalized spacial score (nSPS) is 13.1. The molecule has 0 heterocycles. The Morgan fingerprint density at radius 2 is 1.87 bits per heavy atom. The summed E-state index contributed by atoms with van der Waals surface area (Å²) in [5.74, 6) is -1.06. The number of hydrogen-bond donors (Lipinski definition) is 1. The number of anilines is 1. The molecule has 128 valence electrons. The quantitative estimate of drug-likeness (QED) is 0.746. The zero-order valence-electron chi connectivity index (χ0n) is 14.1. The lowest BCUT2D eigenvalue weighted by molar-refractivity contribution is -0.146. The Balaban J connectivity index is 2.75. The largest absolute Gasteiger partial charge is 0.467 e. The summed E-state index contributed by atoms with van der Waals surface area (Å²) in [7, 11) is 1.31. The summed E-state index contributed by atoms with van der Waals surface area (Å²) in [5, 5.41) is 2.74. The lowest BCUT2D eigenvalue weighted by Crippen LogP contribution is -2.49. The highest BCUT2D eigenvalue weighted by atomic mass is 19.1. The number of esters is 1. The standard InChI is InChI=1S/C17H25FN2O3/c1-5-12(3)16(17(22)23-4)19-15(21)11-20(6-2)14-9-7-13(18)8-10-14/h7-10,12,16H,5-6,11H2,1-4H3,(H,19,21). The van der Waals surface area contributed by atoms with Crippen LogP contribution in [0.5, 0.6) is 0 Å². The third-order valence-corrected chi connectivity index (χ3v) is 3.89. The van der Waals surface area contributed by atoms with Gasteiger partial charge in [-0.15, -0.1) is 0 Å². The van der Waals surface area contributed by atoms with Gasteiger partial charge in [-0.1, -0.05) is 20.3 Å². The highest BCUT2D eigenvalue weighted by Crippen LogP contribution is 2.15. The number of carbonyl (C=O) groups excluding carboxylic acids is 2. The van der Waals surface area contributed by atoms with Crippen LogP contribution in [-0.4, -0.2) is 38.1 Å². The molecule has 0 saturated carbocycles. The Kier molecular flexibility index (Phi) is 7.51. The number of likely N-dealkylation sites (N-methyl/N-ethyl adjacent to an activating group) is 1. The van der Waals surface area contributed by atoms with Crippen molar-refractivity contribution in [2.24, 2.45) is 5.92 Å². The summed E-state index contributed by atoms with van der Waals surface area (Å²) in [6, 6.07) is 5.29. The molecular formula is C17H25FN2O3. The molecule has 0 saturated heterocycles. The molecule has 0 bridgehead atoms. The van der Waals surface area contributed by atoms with Gasteiger partial charge in [-0.2, -0.15) is 0 Å². The number of rotatable bonds is 8. The maximum Gasteiger partial charge on any atom is 0.328 e. The van der Waals surface area contributed by atoms with Gasteiger partial charge in [0.05, 0.1) is 13.7 Å². The smallest absolute Gasteiger partial charge is 0.328 e. The summed E-state index contributed by atoms with van der Waals surface area (Å²) < 4.78 is 17.8. The van der Waals surface area contributed by atoms with Gasteiger partial charge in [0.15, 0.2) is 0 Å². The Bertz CT molecular complexity index is 519. The number of nitrogens with one attached hydrogen (secondary N) is 1. The van der Waals surface area contributed by atoms with Crippen LogP contribution in [0.3, 0.4) is 0 Å². The van der Waals surface area contributed by atoms with Gasteiger partial charge in [-0.05, 0) is 37.1 Å². The minimum Gasteiger partial charge on any atom is -0.467 e. The zero-order valence-corrected chi connectivity index (χ0v) is 14.1. The van der Waals surface area contributed by atoms with Crippen molar-refractivity contribution < 1.29 is 18.7 Å². The summed E-state index contributed by atoms with van der Waals surface area (Å²) in [6.45, 7) is 6.42. The molecule has 1 N–H and O–H groups in total. The number of ether oxygens (including phenoxy) is 1. The van der Waals surface area contributed by atoms with E-state index in [0.29, 0.717) is 6.54 Å². The summed E-state index contributed by atoms with van der Waals surface area (Å²) in [4.78, 5) is 25.9. The first-order valence-corrected chi connectivity index (χ1v) is 7.80. The van der Waals surface area contributed by atoms with Gasteiger partial charge in [0, 0.05) is 12.2 Å². The molecule has 0 spiro atoms. The van der Waals surface area contributed by atoms with Crippen molar-refractivity contribution >= 4 is 17.6 Å². The molecule has 2 atom stereocenters. The molecule has 1 rings (SSSR count). The van der Waals surface area contributed by atoms with Crippen LogP contribution in [0, 0.1) is 11.7 Å². The first-order chi connectivity index (χ1) is 10.9. The maximum absolute atomic E-state index is 13.0. The highest BCUT2D eigenvalue weighted by molar-refractivity contribution is 5.87. The molecule has 0 aliphatic carbocycles. The fraction of sp³-hybridized carbons (Fsp3) is 0.529. The average molecular weight is 324 g/mol. The van der Waals surface area contributed by atoms with Crippen molar-refractivity contribution in [3.8, 4) is 0 Å². The molecule has 5 nitrogen and oxygen atoms in total. The Hall–Kier alpha value is -2.11. The number of nitrogens with zero attached hydrogens (tertiary/aromatic N) is 1. The van der Waals surface area contributed by atoms with Gasteiger partial charge in [-0.3, -0.25) is 4.79 Å². The van der Waals surface area contributed by atoms with Crippen molar-refractivity contribution in [3.05, 3.63) is 30.1 Å². The minimum atomic E-state index is -0.663. The van der Waals surface area contributed by atoms with E-state index < -0.39 is 12.0 Å². The van der Waals surface area contributed by atoms with Crippen LogP contribution in [0.15, 0.2) is 24.3 Å². The lowest BCUT2D eigenvalue weighted by atomic mass is 9.99. The van der Waals surface area contributed by atoms with E-state index in [2.05, 4.69) is 5.32 Å². The predicted octanol–water partition coefficient (Wildman–Crippen LogP) is 2.36. The van der Waals surface area contributed by atoms with Gasteiger partial charge >= 0.3 is 5.97 Å². The number of benzene rings is 1. The van der Waals surface area contributed by atoms with Gasteiger partial charge in [0.2, 0.25) is 5.91 Å². The number of methoxy groups -OCH3 is 1. The fourth-order valence-corrected chi connectivity index (χ4v) is 2.23. The predicted molar refractivity (Wildman–Crippen MR) is 87.7 cm³/mol. The fourth-order valence-electron chi connectivity index (χ4n) is 2.23. The van der Waals surface area contributed by atoms with E-state index in [4.69, 9.17) is 4.74 Å². The molecule has 0 fully saturated rings. The second-order valence-electron chi connectivity index (χ2n) is 5.44. The van der Waals surface area contributed by atoms with Crippen LogP contribution >= 0.6 is 0 Å². The van der Waals surface area contributed by atoms with E-state index >= 15 is 0 Å². The molecule has 1 aromatic rings. The number of carbonyl (C=O) groups is 2. The summed E-state index contributed by atoms with van der Waals surface area (Å²) in [6.07, 6.45) is 0.746. The molecule has 0 aromatic heterocycles. The third-order valence-electron chi connectivity index (χ3n) is 3.89. The van der Waals surface area contributed by atoms with E-state index in [1.807, 2.05) is 20.8 Å². The van der Waals surface area contributed by atoms with E-state index in [0.717, 1.165) is 12.1 Å². The van der Waals surface area contributed by atoms with Crippen LogP contribution in [0.2, 0.25) is 0 Å². The Morgan fingerprint density at radius 1 is 1.26 bits per heavy atom. The van der Waals surface area contributed by atoms with Crippen LogP contribution in [0.1, 0.15) is 27.2 Å². The van der Waals surface area contributed by atoms with Gasteiger partial charge < -0.3 is 15.0 Å². The van der Waals surface area contributed by atoms with E-state index in [9.17, 15) is 14.0 Å². The molecule has 1 amide bonds. The summed E-state index contributed by atoms with van der Waals surface area (Å²) in [5.41, 5.74) is 0.752. The molecule has 23 heavy (non-hydrogen) atoms. The van der Waals surface area contributed by atoms with Crippen LogP contribution in [0.4, 0.5) is 10.1 Å². The third kappa shape index (κ3) is 5.54. The first kappa shape index (κ1) is 18.9. The monoisotopic (exact) mass is 324 g/mol. The Labute approximate surface area is 136 Å². The maximum atomic E-state index is 13.0. The van der Waals surface area contributed by atoms with Crippen LogP contribution in [0.25, 0.3) is 0 Å². The van der Waals surface area contributed by atoms with Crippen molar-refractivity contribution in [1.82, 2.24) is 5.32 Å². The van der Waals surface area contributed by atoms with E-state index in [1.165, 1.54) is 19.2 Å². The minimum absolute atomic E-state index is 0.0210. The van der Waals surface area contributed by atoms with Crippen LogP contribution in [-0.2, 0) is 14.3 Å². The molecule has 6 heteroatoms. The van der Waals surface area contributed by atoms with Crippen molar-refractivity contribution in [2.75, 3.05) is 25.1 Å². The van der Waals surface area contributed by atoms with Gasteiger partial charge in [0.25, 0.3) is 0 Å². The number of halogens is 1.